The number of hydrogen-bond donors (Lipinski definition) is 0. The molecule has 118 valence electrons. The van der Waals surface area contributed by atoms with Crippen molar-refractivity contribution in [1.29, 1.82) is 5.26 Å². The smallest absolute Gasteiger partial charge is 0.147 e. The first-order valence-electron chi connectivity index (χ1n) is 8.61. The van der Waals surface area contributed by atoms with Crippen molar-refractivity contribution in [2.75, 3.05) is 31.1 Å². The molecule has 3 heterocycles. The summed E-state index contributed by atoms with van der Waals surface area (Å²) in [6.07, 6.45) is 3.58. The number of nitrogens with zero attached hydrogens (tertiary/aromatic N) is 4. The fraction of sp³-hybridized carbons (Fsp3) is 0.474. The molecule has 4 heteroatoms. The number of benzene rings is 1. The Hall–Kier alpha value is -2.12. The minimum Gasteiger partial charge on any atom is -0.353 e. The van der Waals surface area contributed by atoms with Crippen molar-refractivity contribution in [2.45, 2.75) is 32.2 Å². The van der Waals surface area contributed by atoms with E-state index in [9.17, 15) is 5.26 Å². The number of anilines is 1. The van der Waals surface area contributed by atoms with Crippen LogP contribution in [-0.2, 0) is 6.42 Å². The van der Waals surface area contributed by atoms with Crippen LogP contribution < -0.4 is 4.90 Å². The Morgan fingerprint density at radius 3 is 3.00 bits per heavy atom. The Labute approximate surface area is 137 Å². The first kappa shape index (κ1) is 14.5. The van der Waals surface area contributed by atoms with Crippen LogP contribution in [0.2, 0.25) is 0 Å². The molecule has 0 spiro atoms. The van der Waals surface area contributed by atoms with Gasteiger partial charge in [0.1, 0.15) is 11.9 Å². The van der Waals surface area contributed by atoms with Crippen LogP contribution in [0.25, 0.3) is 10.9 Å². The number of hydrogen-bond acceptors (Lipinski definition) is 4. The molecule has 23 heavy (non-hydrogen) atoms. The lowest BCUT2D eigenvalue weighted by molar-refractivity contribution is 0.230. The third-order valence-electron chi connectivity index (χ3n) is 5.28. The van der Waals surface area contributed by atoms with E-state index >= 15 is 0 Å². The second-order valence-corrected chi connectivity index (χ2v) is 6.63. The van der Waals surface area contributed by atoms with Gasteiger partial charge in [0.15, 0.2) is 0 Å². The summed E-state index contributed by atoms with van der Waals surface area (Å²) in [7, 11) is 0. The van der Waals surface area contributed by atoms with Crippen molar-refractivity contribution < 1.29 is 0 Å². The van der Waals surface area contributed by atoms with Gasteiger partial charge in [-0.1, -0.05) is 19.1 Å². The molecule has 0 radical (unpaired) electrons. The summed E-state index contributed by atoms with van der Waals surface area (Å²) < 4.78 is 0. The Kier molecular flexibility index (Phi) is 3.66. The highest BCUT2D eigenvalue weighted by molar-refractivity contribution is 5.83. The lowest BCUT2D eigenvalue weighted by Gasteiger charge is -2.38. The maximum atomic E-state index is 9.57. The Bertz CT molecular complexity index is 777. The predicted molar refractivity (Wildman–Crippen MR) is 92.6 cm³/mol. The first-order chi connectivity index (χ1) is 11.3. The monoisotopic (exact) mass is 306 g/mol. The summed E-state index contributed by atoms with van der Waals surface area (Å²) in [5.74, 6) is 0.875. The number of aryl methyl sites for hydroxylation is 1. The number of fused-ring (bicyclic) bond motifs is 2. The lowest BCUT2D eigenvalue weighted by atomic mass is 10.1. The van der Waals surface area contributed by atoms with E-state index in [2.05, 4.69) is 41.0 Å². The normalized spacial score (nSPS) is 21.4. The molecule has 2 aromatic rings. The van der Waals surface area contributed by atoms with Gasteiger partial charge in [0.2, 0.25) is 0 Å². The average Bonchev–Trinajstić information content (AvgIpc) is 3.07. The predicted octanol–water partition coefficient (Wildman–Crippen LogP) is 2.95. The molecule has 4 nitrogen and oxygen atoms in total. The molecule has 1 atom stereocenters. The molecular formula is C19H22N4. The summed E-state index contributed by atoms with van der Waals surface area (Å²) in [6.45, 7) is 6.45. The highest BCUT2D eigenvalue weighted by atomic mass is 15.3. The topological polar surface area (TPSA) is 43.2 Å². The minimum atomic E-state index is 0.634. The van der Waals surface area contributed by atoms with Crippen molar-refractivity contribution >= 4 is 16.7 Å². The average molecular weight is 306 g/mol. The molecule has 0 saturated carbocycles. The summed E-state index contributed by atoms with van der Waals surface area (Å²) in [4.78, 5) is 9.78. The molecule has 2 saturated heterocycles. The Morgan fingerprint density at radius 2 is 2.17 bits per heavy atom. The molecular weight excluding hydrogens is 284 g/mol. The van der Waals surface area contributed by atoms with Gasteiger partial charge in [0.25, 0.3) is 0 Å². The minimum absolute atomic E-state index is 0.634. The Balaban J connectivity index is 1.74. The second kappa shape index (κ2) is 5.82. The maximum absolute atomic E-state index is 9.57. The van der Waals surface area contributed by atoms with Gasteiger partial charge >= 0.3 is 0 Å². The maximum Gasteiger partial charge on any atom is 0.147 e. The third kappa shape index (κ3) is 2.55. The van der Waals surface area contributed by atoms with E-state index in [1.54, 1.807) is 0 Å². The van der Waals surface area contributed by atoms with E-state index in [0.717, 1.165) is 42.8 Å². The number of pyridine rings is 1. The molecule has 1 aromatic carbocycles. The SMILES string of the molecule is CCc1ccc2cc(C#N)c(N3CCN4CCCC4C3)nc2c1. The lowest BCUT2D eigenvalue weighted by Crippen LogP contribution is -2.50. The molecule has 2 aliphatic rings. The van der Waals surface area contributed by atoms with Gasteiger partial charge in [-0.25, -0.2) is 4.98 Å². The highest BCUT2D eigenvalue weighted by Crippen LogP contribution is 2.28. The van der Waals surface area contributed by atoms with E-state index in [-0.39, 0.29) is 0 Å². The zero-order valence-electron chi connectivity index (χ0n) is 13.6. The van der Waals surface area contributed by atoms with Crippen molar-refractivity contribution in [3.63, 3.8) is 0 Å². The van der Waals surface area contributed by atoms with Gasteiger partial charge in [-0.15, -0.1) is 0 Å². The fourth-order valence-electron chi connectivity index (χ4n) is 3.93. The van der Waals surface area contributed by atoms with Crippen molar-refractivity contribution in [1.82, 2.24) is 9.88 Å². The van der Waals surface area contributed by atoms with Gasteiger partial charge in [-0.2, -0.15) is 5.26 Å². The molecule has 0 amide bonds. The van der Waals surface area contributed by atoms with Crippen LogP contribution in [0.1, 0.15) is 30.9 Å². The highest BCUT2D eigenvalue weighted by Gasteiger charge is 2.31. The molecule has 0 aliphatic carbocycles. The summed E-state index contributed by atoms with van der Waals surface area (Å²) in [6, 6.07) is 11.4. The van der Waals surface area contributed by atoms with Gasteiger partial charge in [-0.3, -0.25) is 4.90 Å². The zero-order chi connectivity index (χ0) is 15.8. The second-order valence-electron chi connectivity index (χ2n) is 6.63. The molecule has 0 N–H and O–H groups in total. The van der Waals surface area contributed by atoms with Crippen LogP contribution >= 0.6 is 0 Å². The summed E-state index contributed by atoms with van der Waals surface area (Å²) >= 11 is 0. The van der Waals surface area contributed by atoms with Gasteiger partial charge in [0.05, 0.1) is 11.1 Å². The molecule has 0 bridgehead atoms. The zero-order valence-corrected chi connectivity index (χ0v) is 13.6. The molecule has 2 fully saturated rings. The number of nitriles is 1. The summed E-state index contributed by atoms with van der Waals surface area (Å²) in [5, 5.41) is 10.6. The Morgan fingerprint density at radius 1 is 1.26 bits per heavy atom. The van der Waals surface area contributed by atoms with Gasteiger partial charge in [-0.05, 0) is 43.5 Å². The van der Waals surface area contributed by atoms with Gasteiger partial charge in [0, 0.05) is 31.1 Å². The first-order valence-corrected chi connectivity index (χ1v) is 8.61. The number of aromatic nitrogens is 1. The van der Waals surface area contributed by atoms with E-state index in [1.807, 2.05) is 6.07 Å². The molecule has 1 aromatic heterocycles. The third-order valence-corrected chi connectivity index (χ3v) is 5.28. The van der Waals surface area contributed by atoms with Crippen LogP contribution in [0, 0.1) is 11.3 Å². The van der Waals surface area contributed by atoms with Crippen molar-refractivity contribution in [2.24, 2.45) is 0 Å². The van der Waals surface area contributed by atoms with Crippen molar-refractivity contribution in [3.8, 4) is 6.07 Å². The van der Waals surface area contributed by atoms with Crippen molar-refractivity contribution in [3.05, 3.63) is 35.4 Å². The van der Waals surface area contributed by atoms with E-state index < -0.39 is 0 Å². The number of rotatable bonds is 2. The van der Waals surface area contributed by atoms with Crippen LogP contribution in [0.5, 0.6) is 0 Å². The van der Waals surface area contributed by atoms with E-state index in [0.29, 0.717) is 11.6 Å². The molecule has 2 aliphatic heterocycles. The largest absolute Gasteiger partial charge is 0.353 e. The number of piperazine rings is 1. The molecule has 4 rings (SSSR count). The van der Waals surface area contributed by atoms with Crippen LogP contribution in [0.15, 0.2) is 24.3 Å². The summed E-state index contributed by atoms with van der Waals surface area (Å²) in [5.41, 5.74) is 3.00. The van der Waals surface area contributed by atoms with Gasteiger partial charge < -0.3 is 4.90 Å². The van der Waals surface area contributed by atoms with E-state index in [1.165, 1.54) is 24.9 Å². The standard InChI is InChI=1S/C19H22N4/c1-2-14-5-6-15-11-16(12-20)19(21-18(15)10-14)23-9-8-22-7-3-4-17(22)13-23/h5-6,10-11,17H,2-4,7-9,13H2,1H3. The van der Waals surface area contributed by atoms with Crippen LogP contribution in [0.4, 0.5) is 5.82 Å². The molecule has 1 unspecified atom stereocenters. The quantitative estimate of drug-likeness (QED) is 0.855. The van der Waals surface area contributed by atoms with Crippen LogP contribution in [0.3, 0.4) is 0 Å². The fourth-order valence-corrected chi connectivity index (χ4v) is 3.93. The van der Waals surface area contributed by atoms with E-state index in [4.69, 9.17) is 4.98 Å². The van der Waals surface area contributed by atoms with Crippen LogP contribution in [-0.4, -0.2) is 42.1 Å².